The van der Waals surface area contributed by atoms with Crippen LogP contribution in [0.1, 0.15) is 17.4 Å². The summed E-state index contributed by atoms with van der Waals surface area (Å²) >= 11 is 0. The van der Waals surface area contributed by atoms with Crippen LogP contribution in [-0.4, -0.2) is 29.7 Å². The van der Waals surface area contributed by atoms with Crippen molar-refractivity contribution < 1.29 is 14.3 Å². The molecule has 2 aromatic carbocycles. The van der Waals surface area contributed by atoms with Gasteiger partial charge in [0.25, 0.3) is 11.5 Å². The molecule has 1 heterocycles. The number of carbonyl (C=O) groups is 1. The fourth-order valence-electron chi connectivity index (χ4n) is 2.72. The van der Waals surface area contributed by atoms with E-state index < -0.39 is 11.5 Å². The Morgan fingerprint density at radius 2 is 1.77 bits per heavy atom. The van der Waals surface area contributed by atoms with Crippen LogP contribution >= 0.6 is 0 Å². The number of aromatic nitrogens is 2. The average molecular weight is 353 g/mol. The van der Waals surface area contributed by atoms with Crippen LogP contribution in [0.25, 0.3) is 11.0 Å². The SMILES string of the molecule is CCn1c(=O)c(C(=O)Nc2cc(OC)cc(OC)c2)nc2ccccc21. The molecule has 0 saturated heterocycles. The predicted octanol–water partition coefficient (Wildman–Crippen LogP) is 2.69. The third-order valence-corrected chi connectivity index (χ3v) is 3.99. The number of aryl methyl sites for hydroxylation is 1. The van der Waals surface area contributed by atoms with E-state index in [1.54, 1.807) is 24.3 Å². The van der Waals surface area contributed by atoms with Crippen LogP contribution in [0.4, 0.5) is 5.69 Å². The minimum Gasteiger partial charge on any atom is -0.497 e. The molecule has 1 N–H and O–H groups in total. The fourth-order valence-corrected chi connectivity index (χ4v) is 2.72. The van der Waals surface area contributed by atoms with Gasteiger partial charge in [0.2, 0.25) is 0 Å². The number of amides is 1. The van der Waals surface area contributed by atoms with Crippen molar-refractivity contribution in [2.75, 3.05) is 19.5 Å². The number of anilines is 1. The number of para-hydroxylation sites is 2. The van der Waals surface area contributed by atoms with Crippen molar-refractivity contribution in [2.24, 2.45) is 0 Å². The maximum Gasteiger partial charge on any atom is 0.282 e. The van der Waals surface area contributed by atoms with Crippen LogP contribution in [0.2, 0.25) is 0 Å². The summed E-state index contributed by atoms with van der Waals surface area (Å²) in [5, 5.41) is 2.69. The van der Waals surface area contributed by atoms with Crippen molar-refractivity contribution in [2.45, 2.75) is 13.5 Å². The lowest BCUT2D eigenvalue weighted by molar-refractivity contribution is 0.102. The summed E-state index contributed by atoms with van der Waals surface area (Å²) in [7, 11) is 3.04. The zero-order valence-corrected chi connectivity index (χ0v) is 14.8. The molecule has 3 aromatic rings. The second-order valence-electron chi connectivity index (χ2n) is 5.55. The first-order valence-electron chi connectivity index (χ1n) is 8.11. The number of methoxy groups -OCH3 is 2. The van der Waals surface area contributed by atoms with Crippen LogP contribution in [0.5, 0.6) is 11.5 Å². The Morgan fingerprint density at radius 3 is 2.38 bits per heavy atom. The minimum absolute atomic E-state index is 0.160. The highest BCUT2D eigenvalue weighted by molar-refractivity contribution is 6.03. The Labute approximate surface area is 150 Å². The van der Waals surface area contributed by atoms with Crippen molar-refractivity contribution in [3.63, 3.8) is 0 Å². The minimum atomic E-state index is -0.585. The summed E-state index contributed by atoms with van der Waals surface area (Å²) < 4.78 is 11.9. The maximum atomic E-state index is 12.7. The highest BCUT2D eigenvalue weighted by atomic mass is 16.5. The lowest BCUT2D eigenvalue weighted by atomic mass is 10.2. The smallest absolute Gasteiger partial charge is 0.282 e. The second kappa shape index (κ2) is 7.26. The van der Waals surface area contributed by atoms with Gasteiger partial charge < -0.3 is 19.4 Å². The van der Waals surface area contributed by atoms with Gasteiger partial charge in [0.05, 0.1) is 25.3 Å². The molecule has 0 bridgehead atoms. The van der Waals surface area contributed by atoms with E-state index in [-0.39, 0.29) is 5.69 Å². The Balaban J connectivity index is 2.03. The van der Waals surface area contributed by atoms with Crippen molar-refractivity contribution in [1.82, 2.24) is 9.55 Å². The molecule has 26 heavy (non-hydrogen) atoms. The van der Waals surface area contributed by atoms with Crippen LogP contribution in [-0.2, 0) is 6.54 Å². The van der Waals surface area contributed by atoms with Crippen molar-refractivity contribution >= 4 is 22.6 Å². The molecule has 0 fully saturated rings. The molecule has 0 aliphatic rings. The number of hydrogen-bond donors (Lipinski definition) is 1. The number of rotatable bonds is 5. The number of nitrogens with one attached hydrogen (secondary N) is 1. The number of ether oxygens (including phenoxy) is 2. The molecule has 3 rings (SSSR count). The van der Waals surface area contributed by atoms with Crippen LogP contribution in [0.3, 0.4) is 0 Å². The van der Waals surface area contributed by atoms with E-state index in [4.69, 9.17) is 9.47 Å². The monoisotopic (exact) mass is 353 g/mol. The Bertz CT molecular complexity index is 1000. The molecule has 7 nitrogen and oxygen atoms in total. The lowest BCUT2D eigenvalue weighted by Crippen LogP contribution is -2.31. The van der Waals surface area contributed by atoms with E-state index >= 15 is 0 Å². The molecular weight excluding hydrogens is 334 g/mol. The number of fused-ring (bicyclic) bond motifs is 1. The fraction of sp³-hybridized carbons (Fsp3) is 0.211. The van der Waals surface area contributed by atoms with Gasteiger partial charge in [0, 0.05) is 30.4 Å². The zero-order valence-electron chi connectivity index (χ0n) is 14.8. The van der Waals surface area contributed by atoms with E-state index in [2.05, 4.69) is 10.3 Å². The number of carbonyl (C=O) groups excluding carboxylic acids is 1. The molecular formula is C19H19N3O4. The Morgan fingerprint density at radius 1 is 1.12 bits per heavy atom. The number of hydrogen-bond acceptors (Lipinski definition) is 5. The van der Waals surface area contributed by atoms with E-state index in [1.165, 1.54) is 18.8 Å². The molecule has 0 spiro atoms. The third kappa shape index (κ3) is 3.23. The van der Waals surface area contributed by atoms with Crippen molar-refractivity contribution in [3.05, 3.63) is 58.5 Å². The molecule has 134 valence electrons. The molecule has 0 aliphatic heterocycles. The van der Waals surface area contributed by atoms with E-state index in [0.717, 1.165) is 0 Å². The van der Waals surface area contributed by atoms with E-state index in [9.17, 15) is 9.59 Å². The maximum absolute atomic E-state index is 12.7. The number of benzene rings is 2. The first-order valence-corrected chi connectivity index (χ1v) is 8.11. The summed E-state index contributed by atoms with van der Waals surface area (Å²) in [6.07, 6.45) is 0. The molecule has 0 atom stereocenters. The third-order valence-electron chi connectivity index (χ3n) is 3.99. The van der Waals surface area contributed by atoms with Crippen LogP contribution in [0, 0.1) is 0 Å². The van der Waals surface area contributed by atoms with Gasteiger partial charge in [-0.25, -0.2) is 4.98 Å². The van der Waals surface area contributed by atoms with Crippen molar-refractivity contribution in [3.8, 4) is 11.5 Å². The van der Waals surface area contributed by atoms with Gasteiger partial charge in [-0.15, -0.1) is 0 Å². The van der Waals surface area contributed by atoms with Gasteiger partial charge in [-0.1, -0.05) is 12.1 Å². The van der Waals surface area contributed by atoms with E-state index in [0.29, 0.717) is 34.8 Å². The Kier molecular flexibility index (Phi) is 4.88. The molecule has 1 amide bonds. The Hall–Kier alpha value is -3.35. The molecule has 0 radical (unpaired) electrons. The molecule has 7 heteroatoms. The largest absolute Gasteiger partial charge is 0.497 e. The van der Waals surface area contributed by atoms with Gasteiger partial charge in [0.1, 0.15) is 11.5 Å². The highest BCUT2D eigenvalue weighted by Crippen LogP contribution is 2.26. The standard InChI is InChI=1S/C19H19N3O4/c1-4-22-16-8-6-5-7-15(16)21-17(19(22)24)18(23)20-12-9-13(25-2)11-14(10-12)26-3/h5-11H,4H2,1-3H3,(H,20,23). The van der Waals surface area contributed by atoms with Crippen LogP contribution < -0.4 is 20.3 Å². The molecule has 1 aromatic heterocycles. The summed E-state index contributed by atoms with van der Waals surface area (Å²) in [6, 6.07) is 12.2. The molecule has 0 saturated carbocycles. The van der Waals surface area contributed by atoms with Crippen molar-refractivity contribution in [1.29, 1.82) is 0 Å². The highest BCUT2D eigenvalue weighted by Gasteiger charge is 2.17. The number of nitrogens with zero attached hydrogens (tertiary/aromatic N) is 2. The first-order chi connectivity index (χ1) is 12.6. The summed E-state index contributed by atoms with van der Waals surface area (Å²) in [4.78, 5) is 29.6. The summed E-state index contributed by atoms with van der Waals surface area (Å²) in [5.74, 6) is 0.465. The normalized spacial score (nSPS) is 10.6. The predicted molar refractivity (Wildman–Crippen MR) is 99.2 cm³/mol. The topological polar surface area (TPSA) is 82.5 Å². The van der Waals surface area contributed by atoms with Gasteiger partial charge in [-0.05, 0) is 19.1 Å². The summed E-state index contributed by atoms with van der Waals surface area (Å²) in [6.45, 7) is 2.29. The zero-order chi connectivity index (χ0) is 18.7. The van der Waals surface area contributed by atoms with E-state index in [1.807, 2.05) is 25.1 Å². The summed E-state index contributed by atoms with van der Waals surface area (Å²) in [5.41, 5.74) is 1.14. The van der Waals surface area contributed by atoms with Gasteiger partial charge >= 0.3 is 0 Å². The van der Waals surface area contributed by atoms with Crippen LogP contribution in [0.15, 0.2) is 47.3 Å². The molecule has 0 aliphatic carbocycles. The average Bonchev–Trinajstić information content (AvgIpc) is 2.67. The van der Waals surface area contributed by atoms with Gasteiger partial charge in [0.15, 0.2) is 5.69 Å². The lowest BCUT2D eigenvalue weighted by Gasteiger charge is -2.12. The van der Waals surface area contributed by atoms with Gasteiger partial charge in [-0.2, -0.15) is 0 Å². The quantitative estimate of drug-likeness (QED) is 0.762. The molecule has 0 unspecified atom stereocenters. The van der Waals surface area contributed by atoms with Gasteiger partial charge in [-0.3, -0.25) is 9.59 Å². The first kappa shape index (κ1) is 17.5. The second-order valence-corrected chi connectivity index (χ2v) is 5.55.